The van der Waals surface area contributed by atoms with Crippen molar-refractivity contribution in [3.05, 3.63) is 35.1 Å². The molecule has 0 radical (unpaired) electrons. The molecular weight excluding hydrogens is 237 g/mol. The molecule has 1 aliphatic heterocycles. The van der Waals surface area contributed by atoms with E-state index >= 15 is 0 Å². The van der Waals surface area contributed by atoms with E-state index < -0.39 is 0 Å². The molecule has 0 spiro atoms. The van der Waals surface area contributed by atoms with Crippen LogP contribution in [0.4, 0.5) is 4.39 Å². The van der Waals surface area contributed by atoms with Crippen molar-refractivity contribution in [3.63, 3.8) is 0 Å². The van der Waals surface area contributed by atoms with Crippen LogP contribution in [0.15, 0.2) is 18.2 Å². The van der Waals surface area contributed by atoms with Crippen LogP contribution < -0.4 is 0 Å². The topological polar surface area (TPSA) is 20.3 Å². The Hall–Kier alpha value is -0.870. The normalized spacial score (nSPS) is 21.5. The van der Waals surface area contributed by atoms with Gasteiger partial charge in [-0.05, 0) is 25.6 Å². The second-order valence-electron chi connectivity index (χ2n) is 4.40. The van der Waals surface area contributed by atoms with Crippen LogP contribution in [-0.2, 0) is 0 Å². The summed E-state index contributed by atoms with van der Waals surface area (Å²) in [4.78, 5) is 14.3. The smallest absolute Gasteiger partial charge is 0.180 e. The number of ketones is 1. The van der Waals surface area contributed by atoms with E-state index in [4.69, 9.17) is 0 Å². The summed E-state index contributed by atoms with van der Waals surface area (Å²) in [6.07, 6.45) is 0. The highest BCUT2D eigenvalue weighted by Gasteiger charge is 2.27. The summed E-state index contributed by atoms with van der Waals surface area (Å²) in [6.45, 7) is 2.61. The minimum absolute atomic E-state index is 0.0265. The van der Waals surface area contributed by atoms with Crippen molar-refractivity contribution in [2.24, 2.45) is 0 Å². The lowest BCUT2D eigenvalue weighted by atomic mass is 10.0. The van der Waals surface area contributed by atoms with Crippen LogP contribution in [0.2, 0.25) is 0 Å². The predicted molar refractivity (Wildman–Crippen MR) is 69.2 cm³/mol. The van der Waals surface area contributed by atoms with E-state index in [1.807, 2.05) is 7.05 Å². The van der Waals surface area contributed by atoms with Gasteiger partial charge in [0.2, 0.25) is 0 Å². The molecule has 0 N–H and O–H groups in total. The summed E-state index contributed by atoms with van der Waals surface area (Å²) in [6, 6.07) is 4.62. The second kappa shape index (κ2) is 5.19. The molecule has 0 saturated carbocycles. The summed E-state index contributed by atoms with van der Waals surface area (Å²) in [5.74, 6) is 1.58. The summed E-state index contributed by atoms with van der Waals surface area (Å²) in [7, 11) is 1.95. The Labute approximate surface area is 105 Å². The highest BCUT2D eigenvalue weighted by Crippen LogP contribution is 2.19. The molecule has 1 aromatic rings. The van der Waals surface area contributed by atoms with Gasteiger partial charge in [-0.1, -0.05) is 12.1 Å². The number of Topliss-reactive ketones (excluding diaryl/α,β-unsaturated/α-hetero) is 1. The minimum atomic E-state index is -0.304. The van der Waals surface area contributed by atoms with Crippen molar-refractivity contribution in [1.82, 2.24) is 4.90 Å². The molecule has 1 heterocycles. The van der Waals surface area contributed by atoms with E-state index in [2.05, 4.69) is 4.90 Å². The lowest BCUT2D eigenvalue weighted by Crippen LogP contribution is -2.44. The predicted octanol–water partition coefficient (Wildman–Crippen LogP) is 2.36. The SMILES string of the molecule is Cc1ccc(C(=O)C2CSCCN2C)cc1F. The van der Waals surface area contributed by atoms with E-state index in [1.165, 1.54) is 6.07 Å². The van der Waals surface area contributed by atoms with E-state index in [0.29, 0.717) is 11.1 Å². The molecule has 2 nitrogen and oxygen atoms in total. The van der Waals surface area contributed by atoms with Crippen molar-refractivity contribution >= 4 is 17.5 Å². The first-order valence-electron chi connectivity index (χ1n) is 5.68. The molecule has 1 unspecified atom stereocenters. The monoisotopic (exact) mass is 253 g/mol. The maximum atomic E-state index is 13.4. The molecule has 92 valence electrons. The van der Waals surface area contributed by atoms with Gasteiger partial charge in [-0.3, -0.25) is 9.69 Å². The van der Waals surface area contributed by atoms with Crippen molar-refractivity contribution in [1.29, 1.82) is 0 Å². The van der Waals surface area contributed by atoms with Gasteiger partial charge >= 0.3 is 0 Å². The molecule has 1 saturated heterocycles. The number of carbonyl (C=O) groups excluding carboxylic acids is 1. The number of hydrogen-bond donors (Lipinski definition) is 0. The molecule has 0 amide bonds. The zero-order valence-corrected chi connectivity index (χ0v) is 10.9. The minimum Gasteiger partial charge on any atom is -0.295 e. The number of likely N-dealkylation sites (N-methyl/N-ethyl adjacent to an activating group) is 1. The molecule has 0 bridgehead atoms. The highest BCUT2D eigenvalue weighted by molar-refractivity contribution is 7.99. The van der Waals surface area contributed by atoms with Gasteiger partial charge in [-0.25, -0.2) is 4.39 Å². The number of rotatable bonds is 2. The molecular formula is C13H16FNOS. The van der Waals surface area contributed by atoms with Crippen molar-refractivity contribution in [3.8, 4) is 0 Å². The average molecular weight is 253 g/mol. The van der Waals surface area contributed by atoms with Gasteiger partial charge in [0.15, 0.2) is 5.78 Å². The molecule has 1 aliphatic rings. The maximum Gasteiger partial charge on any atom is 0.180 e. The van der Waals surface area contributed by atoms with Crippen molar-refractivity contribution < 1.29 is 9.18 Å². The quantitative estimate of drug-likeness (QED) is 0.755. The summed E-state index contributed by atoms with van der Waals surface area (Å²) >= 11 is 1.78. The fraction of sp³-hybridized carbons (Fsp3) is 0.462. The molecule has 1 fully saturated rings. The van der Waals surface area contributed by atoms with Crippen LogP contribution in [0.25, 0.3) is 0 Å². The number of carbonyl (C=O) groups is 1. The second-order valence-corrected chi connectivity index (χ2v) is 5.55. The van der Waals surface area contributed by atoms with Gasteiger partial charge < -0.3 is 0 Å². The van der Waals surface area contributed by atoms with Gasteiger partial charge in [0.1, 0.15) is 5.82 Å². The van der Waals surface area contributed by atoms with Gasteiger partial charge in [0.25, 0.3) is 0 Å². The zero-order chi connectivity index (χ0) is 12.4. The largest absolute Gasteiger partial charge is 0.295 e. The number of benzene rings is 1. The summed E-state index contributed by atoms with van der Waals surface area (Å²) in [5, 5.41) is 0. The molecule has 0 aliphatic carbocycles. The first-order chi connectivity index (χ1) is 8.09. The number of halogens is 1. The molecule has 17 heavy (non-hydrogen) atoms. The Balaban J connectivity index is 2.21. The maximum absolute atomic E-state index is 13.4. The standard InChI is InChI=1S/C13H16FNOS/c1-9-3-4-10(7-11(9)14)13(16)12-8-17-6-5-15(12)2/h3-4,7,12H,5-6,8H2,1-2H3. The van der Waals surface area contributed by atoms with E-state index in [9.17, 15) is 9.18 Å². The van der Waals surface area contributed by atoms with Gasteiger partial charge in [0, 0.05) is 23.6 Å². The molecule has 0 aromatic heterocycles. The lowest BCUT2D eigenvalue weighted by molar-refractivity contribution is 0.0874. The third-order valence-corrected chi connectivity index (χ3v) is 4.18. The molecule has 1 atom stereocenters. The van der Waals surface area contributed by atoms with Crippen molar-refractivity contribution in [2.45, 2.75) is 13.0 Å². The Kier molecular flexibility index (Phi) is 3.84. The summed E-state index contributed by atoms with van der Waals surface area (Å²) in [5.41, 5.74) is 1.06. The fourth-order valence-electron chi connectivity index (χ4n) is 1.90. The third kappa shape index (κ3) is 2.69. The Morgan fingerprint density at radius 2 is 2.29 bits per heavy atom. The van der Waals surface area contributed by atoms with Crippen molar-refractivity contribution in [2.75, 3.05) is 25.1 Å². The Bertz CT molecular complexity index is 435. The van der Waals surface area contributed by atoms with Gasteiger partial charge in [0.05, 0.1) is 6.04 Å². The van der Waals surface area contributed by atoms with Crippen LogP contribution in [0.1, 0.15) is 15.9 Å². The van der Waals surface area contributed by atoms with Crippen LogP contribution in [0.3, 0.4) is 0 Å². The van der Waals surface area contributed by atoms with Gasteiger partial charge in [-0.2, -0.15) is 11.8 Å². The van der Waals surface area contributed by atoms with Crippen LogP contribution >= 0.6 is 11.8 Å². The molecule has 2 rings (SSSR count). The molecule has 1 aromatic carbocycles. The highest BCUT2D eigenvalue weighted by atomic mass is 32.2. The van der Waals surface area contributed by atoms with E-state index in [1.54, 1.807) is 30.8 Å². The first-order valence-corrected chi connectivity index (χ1v) is 6.83. The van der Waals surface area contributed by atoms with E-state index in [0.717, 1.165) is 18.1 Å². The Morgan fingerprint density at radius 3 is 2.94 bits per heavy atom. The Morgan fingerprint density at radius 1 is 1.53 bits per heavy atom. The summed E-state index contributed by atoms with van der Waals surface area (Å²) < 4.78 is 13.4. The van der Waals surface area contributed by atoms with Crippen LogP contribution in [-0.4, -0.2) is 41.8 Å². The zero-order valence-electron chi connectivity index (χ0n) is 10.1. The number of thioether (sulfide) groups is 1. The number of aryl methyl sites for hydroxylation is 1. The molecule has 4 heteroatoms. The number of hydrogen-bond acceptors (Lipinski definition) is 3. The average Bonchev–Trinajstić information content (AvgIpc) is 2.32. The van der Waals surface area contributed by atoms with Gasteiger partial charge in [-0.15, -0.1) is 0 Å². The van der Waals surface area contributed by atoms with Crippen LogP contribution in [0, 0.1) is 12.7 Å². The lowest BCUT2D eigenvalue weighted by Gasteiger charge is -2.30. The fourth-order valence-corrected chi connectivity index (χ4v) is 3.11. The third-order valence-electron chi connectivity index (χ3n) is 3.16. The first kappa shape index (κ1) is 12.6. The van der Waals surface area contributed by atoms with Crippen LogP contribution in [0.5, 0.6) is 0 Å². The van der Waals surface area contributed by atoms with E-state index in [-0.39, 0.29) is 17.6 Å². The number of nitrogens with zero attached hydrogens (tertiary/aromatic N) is 1.